The molecule has 5 nitrogen and oxygen atoms in total. The summed E-state index contributed by atoms with van der Waals surface area (Å²) in [6, 6.07) is 9.00. The third-order valence-electron chi connectivity index (χ3n) is 2.25. The molecule has 17 heavy (non-hydrogen) atoms. The van der Waals surface area contributed by atoms with Gasteiger partial charge in [-0.05, 0) is 12.1 Å². The number of aryl methyl sites for hydroxylation is 1. The van der Waals surface area contributed by atoms with Crippen molar-refractivity contribution in [3.63, 3.8) is 0 Å². The summed E-state index contributed by atoms with van der Waals surface area (Å²) in [7, 11) is 1.42. The fraction of sp³-hybridized carbons (Fsp3) is 0.200. The van der Waals surface area contributed by atoms with Gasteiger partial charge in [0, 0.05) is 22.8 Å². The van der Waals surface area contributed by atoms with Crippen LogP contribution in [0.15, 0.2) is 35.5 Å². The van der Waals surface area contributed by atoms with Crippen molar-refractivity contribution in [2.75, 3.05) is 0 Å². The van der Waals surface area contributed by atoms with E-state index in [0.717, 1.165) is 0 Å². The van der Waals surface area contributed by atoms with Crippen molar-refractivity contribution >= 4 is 19.7 Å². The Balaban J connectivity index is 2.71. The average molecular weight is 272 g/mol. The summed E-state index contributed by atoms with van der Waals surface area (Å²) >= 11 is 0. The van der Waals surface area contributed by atoms with Crippen LogP contribution in [0.4, 0.5) is 0 Å². The Morgan fingerprint density at radius 3 is 2.41 bits per heavy atom. The van der Waals surface area contributed by atoms with Gasteiger partial charge in [0.1, 0.15) is 5.82 Å². The molecule has 0 saturated heterocycles. The first-order valence-corrected chi connectivity index (χ1v) is 7.29. The number of para-hydroxylation sites is 1. The molecular formula is C10H10ClN3O2S. The lowest BCUT2D eigenvalue weighted by molar-refractivity contribution is 0.597. The summed E-state index contributed by atoms with van der Waals surface area (Å²) in [5.74, 6) is 0.551. The fourth-order valence-electron chi connectivity index (χ4n) is 1.52. The second kappa shape index (κ2) is 4.46. The van der Waals surface area contributed by atoms with Crippen LogP contribution in [0.3, 0.4) is 0 Å². The number of aromatic nitrogens is 3. The quantitative estimate of drug-likeness (QED) is 0.798. The molecule has 0 unspecified atom stereocenters. The molecule has 0 aliphatic carbocycles. The molecule has 2 aromatic rings. The van der Waals surface area contributed by atoms with Crippen LogP contribution in [0, 0.1) is 0 Å². The van der Waals surface area contributed by atoms with Crippen molar-refractivity contribution in [1.82, 2.24) is 14.8 Å². The number of halogens is 1. The van der Waals surface area contributed by atoms with Gasteiger partial charge in [-0.25, -0.2) is 8.42 Å². The number of nitrogens with zero attached hydrogens (tertiary/aromatic N) is 3. The highest BCUT2D eigenvalue weighted by Gasteiger charge is 2.22. The topological polar surface area (TPSA) is 64.8 Å². The Morgan fingerprint density at radius 1 is 1.24 bits per heavy atom. The lowest BCUT2D eigenvalue weighted by atomic mass is 10.3. The van der Waals surface area contributed by atoms with Gasteiger partial charge in [-0.2, -0.15) is 0 Å². The molecule has 0 radical (unpaired) electrons. The minimum absolute atomic E-state index is 0.248. The maximum atomic E-state index is 11.4. The fourth-order valence-corrected chi connectivity index (χ4v) is 2.39. The third-order valence-corrected chi connectivity index (χ3v) is 3.36. The molecule has 0 bridgehead atoms. The smallest absolute Gasteiger partial charge is 0.269 e. The van der Waals surface area contributed by atoms with Gasteiger partial charge in [0.05, 0.1) is 0 Å². The molecule has 1 heterocycles. The monoisotopic (exact) mass is 271 g/mol. The Morgan fingerprint density at radius 2 is 1.88 bits per heavy atom. The van der Waals surface area contributed by atoms with Gasteiger partial charge < -0.3 is 0 Å². The maximum absolute atomic E-state index is 11.4. The molecule has 90 valence electrons. The highest BCUT2D eigenvalue weighted by molar-refractivity contribution is 8.13. The molecule has 0 atom stereocenters. The molecule has 0 fully saturated rings. The predicted octanol–water partition coefficient (Wildman–Crippen LogP) is 1.76. The van der Waals surface area contributed by atoms with Crippen molar-refractivity contribution in [3.8, 4) is 5.69 Å². The van der Waals surface area contributed by atoms with E-state index in [2.05, 4.69) is 10.2 Å². The van der Waals surface area contributed by atoms with E-state index in [1.807, 2.05) is 13.0 Å². The minimum atomic E-state index is -3.91. The molecule has 7 heteroatoms. The van der Waals surface area contributed by atoms with E-state index in [1.54, 1.807) is 24.3 Å². The number of hydrogen-bond donors (Lipinski definition) is 0. The van der Waals surface area contributed by atoms with E-state index in [4.69, 9.17) is 10.7 Å². The van der Waals surface area contributed by atoms with E-state index >= 15 is 0 Å². The van der Waals surface area contributed by atoms with Gasteiger partial charge in [-0.3, -0.25) is 4.57 Å². The molecule has 0 spiro atoms. The van der Waals surface area contributed by atoms with E-state index in [0.29, 0.717) is 17.9 Å². The van der Waals surface area contributed by atoms with E-state index in [9.17, 15) is 8.42 Å². The molecule has 0 aliphatic rings. The summed E-state index contributed by atoms with van der Waals surface area (Å²) in [5, 5.41) is 7.21. The maximum Gasteiger partial charge on any atom is 0.297 e. The molecular weight excluding hydrogens is 262 g/mol. The molecule has 0 N–H and O–H groups in total. The largest absolute Gasteiger partial charge is 0.297 e. The van der Waals surface area contributed by atoms with Crippen LogP contribution in [-0.4, -0.2) is 23.2 Å². The average Bonchev–Trinajstić information content (AvgIpc) is 2.73. The molecule has 1 aromatic heterocycles. The highest BCUT2D eigenvalue weighted by atomic mass is 35.7. The first-order chi connectivity index (χ1) is 8.04. The minimum Gasteiger partial charge on any atom is -0.269 e. The van der Waals surface area contributed by atoms with Crippen molar-refractivity contribution in [2.45, 2.75) is 18.5 Å². The van der Waals surface area contributed by atoms with Gasteiger partial charge in [-0.15, -0.1) is 10.2 Å². The Labute approximate surface area is 103 Å². The van der Waals surface area contributed by atoms with E-state index < -0.39 is 9.05 Å². The zero-order chi connectivity index (χ0) is 12.5. The zero-order valence-electron chi connectivity index (χ0n) is 9.04. The number of rotatable bonds is 3. The first-order valence-electron chi connectivity index (χ1n) is 4.98. The summed E-state index contributed by atoms with van der Waals surface area (Å²) in [5.41, 5.74) is 0.675. The first kappa shape index (κ1) is 12.1. The summed E-state index contributed by atoms with van der Waals surface area (Å²) < 4.78 is 24.2. The predicted molar refractivity (Wildman–Crippen MR) is 63.8 cm³/mol. The van der Waals surface area contributed by atoms with E-state index in [-0.39, 0.29) is 5.16 Å². The van der Waals surface area contributed by atoms with Gasteiger partial charge >= 0.3 is 0 Å². The van der Waals surface area contributed by atoms with Crippen molar-refractivity contribution in [1.29, 1.82) is 0 Å². The number of benzene rings is 1. The Kier molecular flexibility index (Phi) is 3.17. The SMILES string of the molecule is CCc1nnc(S(=O)(=O)Cl)n1-c1ccccc1. The van der Waals surface area contributed by atoms with Crippen LogP contribution in [0.2, 0.25) is 0 Å². The Hall–Kier alpha value is -1.40. The molecule has 1 aromatic carbocycles. The second-order valence-corrected chi connectivity index (χ2v) is 5.82. The second-order valence-electron chi connectivity index (χ2n) is 3.36. The zero-order valence-corrected chi connectivity index (χ0v) is 10.6. The molecule has 0 amide bonds. The van der Waals surface area contributed by atoms with Crippen LogP contribution in [-0.2, 0) is 15.5 Å². The van der Waals surface area contributed by atoms with Crippen LogP contribution < -0.4 is 0 Å². The standard InChI is InChI=1S/C10H10ClN3O2S/c1-2-9-12-13-10(17(11,15)16)14(9)8-6-4-3-5-7-8/h3-7H,2H2,1H3. The lowest BCUT2D eigenvalue weighted by Gasteiger charge is -2.07. The summed E-state index contributed by atoms with van der Waals surface area (Å²) in [4.78, 5) is 0. The molecule has 0 aliphatic heterocycles. The lowest BCUT2D eigenvalue weighted by Crippen LogP contribution is -2.07. The summed E-state index contributed by atoms with van der Waals surface area (Å²) in [6.07, 6.45) is 0.564. The third kappa shape index (κ3) is 2.32. The van der Waals surface area contributed by atoms with Crippen molar-refractivity contribution in [3.05, 3.63) is 36.2 Å². The normalized spacial score (nSPS) is 11.6. The van der Waals surface area contributed by atoms with Crippen LogP contribution in [0.1, 0.15) is 12.7 Å². The van der Waals surface area contributed by atoms with Gasteiger partial charge in [0.25, 0.3) is 14.2 Å². The van der Waals surface area contributed by atoms with Crippen molar-refractivity contribution < 1.29 is 8.42 Å². The van der Waals surface area contributed by atoms with Crippen LogP contribution in [0.25, 0.3) is 5.69 Å². The van der Waals surface area contributed by atoms with Crippen LogP contribution in [0.5, 0.6) is 0 Å². The van der Waals surface area contributed by atoms with Gasteiger partial charge in [0.15, 0.2) is 0 Å². The van der Waals surface area contributed by atoms with Gasteiger partial charge in [0.2, 0.25) is 0 Å². The number of hydrogen-bond acceptors (Lipinski definition) is 4. The Bertz CT molecular complexity index is 622. The van der Waals surface area contributed by atoms with Crippen LogP contribution >= 0.6 is 10.7 Å². The van der Waals surface area contributed by atoms with Gasteiger partial charge in [-0.1, -0.05) is 25.1 Å². The van der Waals surface area contributed by atoms with E-state index in [1.165, 1.54) is 4.57 Å². The summed E-state index contributed by atoms with van der Waals surface area (Å²) in [6.45, 7) is 1.87. The highest BCUT2D eigenvalue weighted by Crippen LogP contribution is 2.19. The van der Waals surface area contributed by atoms with Crippen molar-refractivity contribution in [2.24, 2.45) is 0 Å². The molecule has 2 rings (SSSR count). The molecule has 0 saturated carbocycles.